The number of halogens is 3. The van der Waals surface area contributed by atoms with Gasteiger partial charge in [0, 0.05) is 10.4 Å². The lowest BCUT2D eigenvalue weighted by atomic mass is 10.0. The number of hydrogen-bond donors (Lipinski definition) is 1. The second-order valence-corrected chi connectivity index (χ2v) is 4.43. The maximum atomic E-state index is 12.8. The molecule has 0 atom stereocenters. The van der Waals surface area contributed by atoms with E-state index in [4.69, 9.17) is 5.11 Å². The smallest absolute Gasteiger partial charge is 0.417 e. The fourth-order valence-corrected chi connectivity index (χ4v) is 2.54. The molecular weight excluding hydrogens is 265 g/mol. The summed E-state index contributed by atoms with van der Waals surface area (Å²) in [4.78, 5) is 11.1. The number of carboxylic acids is 1. The van der Waals surface area contributed by atoms with Crippen molar-refractivity contribution in [3.05, 3.63) is 46.8 Å². The molecule has 1 aromatic heterocycles. The Labute approximate surface area is 104 Å². The highest BCUT2D eigenvalue weighted by atomic mass is 32.1. The van der Waals surface area contributed by atoms with Crippen molar-refractivity contribution >= 4 is 17.3 Å². The Morgan fingerprint density at radius 2 is 1.83 bits per heavy atom. The van der Waals surface area contributed by atoms with Crippen molar-refractivity contribution in [1.82, 2.24) is 0 Å². The minimum atomic E-state index is -4.50. The van der Waals surface area contributed by atoms with Crippen LogP contribution in [0.1, 0.15) is 15.9 Å². The third-order valence-corrected chi connectivity index (χ3v) is 3.32. The summed E-state index contributed by atoms with van der Waals surface area (Å²) in [6.45, 7) is 0. The molecule has 6 heteroatoms. The van der Waals surface area contributed by atoms with Crippen LogP contribution in [0, 0.1) is 0 Å². The van der Waals surface area contributed by atoms with Crippen molar-refractivity contribution < 1.29 is 23.1 Å². The number of hydrogen-bond acceptors (Lipinski definition) is 2. The lowest BCUT2D eigenvalue weighted by molar-refractivity contribution is -0.137. The summed E-state index contributed by atoms with van der Waals surface area (Å²) in [7, 11) is 0. The monoisotopic (exact) mass is 272 g/mol. The van der Waals surface area contributed by atoms with Crippen molar-refractivity contribution in [3.8, 4) is 10.4 Å². The molecule has 2 rings (SSSR count). The second-order valence-electron chi connectivity index (χ2n) is 3.51. The standard InChI is InChI=1S/C12H7F3O2S/c13-12(14,15)9-4-2-1-3-7(9)10-8(11(16)17)5-6-18-10/h1-6H,(H,16,17). The van der Waals surface area contributed by atoms with Gasteiger partial charge in [-0.15, -0.1) is 11.3 Å². The zero-order chi connectivity index (χ0) is 13.3. The third-order valence-electron chi connectivity index (χ3n) is 2.37. The molecule has 0 aliphatic heterocycles. The Balaban J connectivity index is 2.65. The van der Waals surface area contributed by atoms with Crippen LogP contribution in [0.15, 0.2) is 35.7 Å². The molecule has 2 nitrogen and oxygen atoms in total. The third kappa shape index (κ3) is 2.24. The van der Waals surface area contributed by atoms with Crippen LogP contribution in [-0.4, -0.2) is 11.1 Å². The van der Waals surface area contributed by atoms with E-state index in [0.29, 0.717) is 0 Å². The number of thiophene rings is 1. The van der Waals surface area contributed by atoms with Gasteiger partial charge in [-0.25, -0.2) is 4.79 Å². The number of aromatic carboxylic acids is 1. The highest BCUT2D eigenvalue weighted by Gasteiger charge is 2.34. The van der Waals surface area contributed by atoms with Crippen LogP contribution in [0.25, 0.3) is 10.4 Å². The van der Waals surface area contributed by atoms with Crippen LogP contribution in [0.5, 0.6) is 0 Å². The molecule has 18 heavy (non-hydrogen) atoms. The Hall–Kier alpha value is -1.82. The quantitative estimate of drug-likeness (QED) is 0.892. The van der Waals surface area contributed by atoms with E-state index in [2.05, 4.69) is 0 Å². The van der Waals surface area contributed by atoms with Crippen LogP contribution in [-0.2, 0) is 6.18 Å². The maximum Gasteiger partial charge on any atom is 0.417 e. The largest absolute Gasteiger partial charge is 0.478 e. The highest BCUT2D eigenvalue weighted by Crippen LogP contribution is 2.40. The minimum absolute atomic E-state index is 0.0996. The van der Waals surface area contributed by atoms with Gasteiger partial charge in [0.15, 0.2) is 0 Å². The van der Waals surface area contributed by atoms with Gasteiger partial charge in [-0.2, -0.15) is 13.2 Å². The number of carbonyl (C=O) groups is 1. The second kappa shape index (κ2) is 4.45. The average Bonchev–Trinajstić information content (AvgIpc) is 2.76. The Bertz CT molecular complexity index is 587. The van der Waals surface area contributed by atoms with Gasteiger partial charge < -0.3 is 5.11 Å². The summed E-state index contributed by atoms with van der Waals surface area (Å²) in [6.07, 6.45) is -4.50. The van der Waals surface area contributed by atoms with Crippen molar-refractivity contribution in [2.45, 2.75) is 6.18 Å². The first-order chi connectivity index (χ1) is 8.41. The number of rotatable bonds is 2. The molecule has 0 fully saturated rings. The fourth-order valence-electron chi connectivity index (χ4n) is 1.61. The predicted molar refractivity (Wildman–Crippen MR) is 61.7 cm³/mol. The summed E-state index contributed by atoms with van der Waals surface area (Å²) in [5, 5.41) is 10.4. The number of alkyl halides is 3. The van der Waals surface area contributed by atoms with Gasteiger partial charge in [-0.05, 0) is 17.5 Å². The summed E-state index contributed by atoms with van der Waals surface area (Å²) in [5.74, 6) is -1.23. The molecule has 1 heterocycles. The van der Waals surface area contributed by atoms with E-state index in [1.54, 1.807) is 0 Å². The van der Waals surface area contributed by atoms with Crippen LogP contribution in [0.3, 0.4) is 0 Å². The van der Waals surface area contributed by atoms with Crippen molar-refractivity contribution in [1.29, 1.82) is 0 Å². The molecule has 0 spiro atoms. The Kier molecular flexibility index (Phi) is 3.13. The molecule has 0 unspecified atom stereocenters. The van der Waals surface area contributed by atoms with Gasteiger partial charge in [-0.3, -0.25) is 0 Å². The first kappa shape index (κ1) is 12.6. The molecule has 2 aromatic rings. The summed E-state index contributed by atoms with van der Waals surface area (Å²) in [6, 6.07) is 6.26. The van der Waals surface area contributed by atoms with E-state index >= 15 is 0 Å². The van der Waals surface area contributed by atoms with Crippen LogP contribution < -0.4 is 0 Å². The van der Waals surface area contributed by atoms with Crippen LogP contribution >= 0.6 is 11.3 Å². The molecule has 0 aliphatic carbocycles. The number of benzene rings is 1. The maximum absolute atomic E-state index is 12.8. The Morgan fingerprint density at radius 1 is 1.17 bits per heavy atom. The van der Waals surface area contributed by atoms with Crippen LogP contribution in [0.4, 0.5) is 13.2 Å². The van der Waals surface area contributed by atoms with Gasteiger partial charge in [0.2, 0.25) is 0 Å². The van der Waals surface area contributed by atoms with E-state index in [0.717, 1.165) is 17.4 Å². The minimum Gasteiger partial charge on any atom is -0.478 e. The Morgan fingerprint density at radius 3 is 2.44 bits per heavy atom. The van der Waals surface area contributed by atoms with Gasteiger partial charge in [0.05, 0.1) is 11.1 Å². The molecule has 0 bridgehead atoms. The van der Waals surface area contributed by atoms with E-state index in [9.17, 15) is 18.0 Å². The molecular formula is C12H7F3O2S. The summed E-state index contributed by atoms with van der Waals surface area (Å²) < 4.78 is 38.5. The van der Waals surface area contributed by atoms with Gasteiger partial charge >= 0.3 is 12.1 Å². The predicted octanol–water partition coefficient (Wildman–Crippen LogP) is 4.13. The summed E-state index contributed by atoms with van der Waals surface area (Å²) in [5.41, 5.74) is -1.04. The lowest BCUT2D eigenvalue weighted by Crippen LogP contribution is -2.07. The highest BCUT2D eigenvalue weighted by molar-refractivity contribution is 7.14. The first-order valence-corrected chi connectivity index (χ1v) is 5.76. The van der Waals surface area contributed by atoms with Crippen molar-refractivity contribution in [2.24, 2.45) is 0 Å². The molecule has 0 saturated carbocycles. The average molecular weight is 272 g/mol. The van der Waals surface area contributed by atoms with Crippen LogP contribution in [0.2, 0.25) is 0 Å². The summed E-state index contributed by atoms with van der Waals surface area (Å²) >= 11 is 0.980. The molecule has 94 valence electrons. The number of carboxylic acid groups (broad SMARTS) is 1. The topological polar surface area (TPSA) is 37.3 Å². The fraction of sp³-hybridized carbons (Fsp3) is 0.0833. The normalized spacial score (nSPS) is 11.5. The molecule has 0 amide bonds. The lowest BCUT2D eigenvalue weighted by Gasteiger charge is -2.11. The molecule has 1 N–H and O–H groups in total. The molecule has 0 aliphatic rings. The molecule has 1 aromatic carbocycles. The van der Waals surface area contributed by atoms with Gasteiger partial charge in [0.25, 0.3) is 0 Å². The first-order valence-electron chi connectivity index (χ1n) is 4.88. The van der Waals surface area contributed by atoms with Crippen molar-refractivity contribution in [2.75, 3.05) is 0 Å². The van der Waals surface area contributed by atoms with Gasteiger partial charge in [-0.1, -0.05) is 18.2 Å². The van der Waals surface area contributed by atoms with E-state index in [1.807, 2.05) is 0 Å². The zero-order valence-corrected chi connectivity index (χ0v) is 9.68. The van der Waals surface area contributed by atoms with Gasteiger partial charge in [0.1, 0.15) is 0 Å². The zero-order valence-electron chi connectivity index (χ0n) is 8.86. The molecule has 0 saturated heterocycles. The van der Waals surface area contributed by atoms with Crippen molar-refractivity contribution in [3.63, 3.8) is 0 Å². The van der Waals surface area contributed by atoms with E-state index < -0.39 is 17.7 Å². The molecule has 0 radical (unpaired) electrons. The van der Waals surface area contributed by atoms with E-state index in [1.165, 1.54) is 29.6 Å². The SMILES string of the molecule is O=C(O)c1ccsc1-c1ccccc1C(F)(F)F. The van der Waals surface area contributed by atoms with E-state index in [-0.39, 0.29) is 16.0 Å².